The molecule has 21 heavy (non-hydrogen) atoms. The number of hydrogen-bond acceptors (Lipinski definition) is 3. The van der Waals surface area contributed by atoms with Gasteiger partial charge >= 0.3 is 5.97 Å². The second kappa shape index (κ2) is 5.33. The number of carbonyl (C=O) groups is 1. The van der Waals surface area contributed by atoms with Crippen molar-refractivity contribution in [2.24, 2.45) is 0 Å². The maximum Gasteiger partial charge on any atom is 0.340 e. The molecule has 1 heterocycles. The molecule has 3 aromatic rings. The van der Waals surface area contributed by atoms with Gasteiger partial charge in [-0.25, -0.2) is 9.78 Å². The number of nitrogens with one attached hydrogen (secondary N) is 1. The van der Waals surface area contributed by atoms with Crippen LogP contribution in [0.4, 0.5) is 0 Å². The highest BCUT2D eigenvalue weighted by atomic mass is 79.9. The first kappa shape index (κ1) is 13.8. The molecule has 0 unspecified atom stereocenters. The van der Waals surface area contributed by atoms with Gasteiger partial charge in [0.1, 0.15) is 11.3 Å². The summed E-state index contributed by atoms with van der Waals surface area (Å²) in [5.41, 5.74) is 3.97. The number of benzene rings is 2. The molecule has 0 fully saturated rings. The molecule has 106 valence electrons. The average molecular weight is 345 g/mol. The van der Waals surface area contributed by atoms with E-state index in [1.165, 1.54) is 7.11 Å². The van der Waals surface area contributed by atoms with Crippen molar-refractivity contribution in [2.75, 3.05) is 7.11 Å². The Bertz CT molecular complexity index is 839. The Morgan fingerprint density at radius 1 is 1.24 bits per heavy atom. The summed E-state index contributed by atoms with van der Waals surface area (Å²) >= 11 is 3.58. The zero-order valence-electron chi connectivity index (χ0n) is 11.6. The number of nitrogens with zero attached hydrogens (tertiary/aromatic N) is 1. The molecule has 3 rings (SSSR count). The second-order valence-electron chi connectivity index (χ2n) is 4.72. The lowest BCUT2D eigenvalue weighted by atomic mass is 10.1. The van der Waals surface area contributed by atoms with Crippen LogP contribution < -0.4 is 0 Å². The third-order valence-electron chi connectivity index (χ3n) is 3.36. The van der Waals surface area contributed by atoms with Gasteiger partial charge in [-0.05, 0) is 40.5 Å². The van der Waals surface area contributed by atoms with Crippen molar-refractivity contribution in [1.29, 1.82) is 0 Å². The molecule has 1 aromatic heterocycles. The number of halogens is 1. The van der Waals surface area contributed by atoms with E-state index in [1.54, 1.807) is 6.07 Å². The fourth-order valence-electron chi connectivity index (χ4n) is 2.26. The maximum atomic E-state index is 11.8. The van der Waals surface area contributed by atoms with Crippen LogP contribution in [0.15, 0.2) is 40.9 Å². The van der Waals surface area contributed by atoms with E-state index in [0.29, 0.717) is 11.1 Å². The standard InChI is InChI=1S/C16H13BrN2O2/c1-9-5-3-6-10(13(9)17)15-18-12-8-4-7-11(14(12)19-15)16(20)21-2/h3-8H,1-2H3,(H,18,19). The monoisotopic (exact) mass is 344 g/mol. The van der Waals surface area contributed by atoms with Gasteiger partial charge < -0.3 is 9.72 Å². The Labute approximate surface area is 130 Å². The van der Waals surface area contributed by atoms with Gasteiger partial charge in [-0.1, -0.05) is 24.3 Å². The van der Waals surface area contributed by atoms with E-state index in [1.807, 2.05) is 37.3 Å². The highest BCUT2D eigenvalue weighted by Crippen LogP contribution is 2.31. The van der Waals surface area contributed by atoms with Crippen LogP contribution in [0.3, 0.4) is 0 Å². The van der Waals surface area contributed by atoms with E-state index in [9.17, 15) is 4.79 Å². The van der Waals surface area contributed by atoms with Gasteiger partial charge in [-0.3, -0.25) is 0 Å². The molecular formula is C16H13BrN2O2. The van der Waals surface area contributed by atoms with Gasteiger partial charge in [0.2, 0.25) is 0 Å². The molecule has 1 N–H and O–H groups in total. The zero-order valence-corrected chi connectivity index (χ0v) is 13.2. The highest BCUT2D eigenvalue weighted by molar-refractivity contribution is 9.10. The smallest absolute Gasteiger partial charge is 0.340 e. The Kier molecular flexibility index (Phi) is 3.51. The number of carbonyl (C=O) groups excluding carboxylic acids is 1. The lowest BCUT2D eigenvalue weighted by molar-refractivity contribution is 0.0603. The fraction of sp³-hybridized carbons (Fsp3) is 0.125. The van der Waals surface area contributed by atoms with E-state index in [-0.39, 0.29) is 5.97 Å². The molecule has 0 atom stereocenters. The predicted octanol–water partition coefficient (Wildman–Crippen LogP) is 4.09. The van der Waals surface area contributed by atoms with Gasteiger partial charge in [0.15, 0.2) is 0 Å². The Balaban J connectivity index is 2.22. The number of para-hydroxylation sites is 1. The third kappa shape index (κ3) is 2.34. The molecule has 0 aliphatic rings. The summed E-state index contributed by atoms with van der Waals surface area (Å²) < 4.78 is 5.79. The van der Waals surface area contributed by atoms with E-state index < -0.39 is 0 Å². The first-order valence-electron chi connectivity index (χ1n) is 6.44. The van der Waals surface area contributed by atoms with Crippen molar-refractivity contribution >= 4 is 32.9 Å². The SMILES string of the molecule is COC(=O)c1cccc2[nH]c(-c3cccc(C)c3Br)nc12. The number of aromatic nitrogens is 2. The van der Waals surface area contributed by atoms with Crippen molar-refractivity contribution < 1.29 is 9.53 Å². The topological polar surface area (TPSA) is 55.0 Å². The quantitative estimate of drug-likeness (QED) is 0.712. The minimum atomic E-state index is -0.387. The van der Waals surface area contributed by atoms with Crippen LogP contribution in [-0.2, 0) is 4.74 Å². The molecule has 0 aliphatic heterocycles. The van der Waals surface area contributed by atoms with Crippen LogP contribution in [0.25, 0.3) is 22.4 Å². The molecular weight excluding hydrogens is 332 g/mol. The molecule has 0 radical (unpaired) electrons. The molecule has 0 bridgehead atoms. The maximum absolute atomic E-state index is 11.8. The van der Waals surface area contributed by atoms with Crippen molar-refractivity contribution in [2.45, 2.75) is 6.92 Å². The molecule has 0 spiro atoms. The summed E-state index contributed by atoms with van der Waals surface area (Å²) in [6.07, 6.45) is 0. The first-order chi connectivity index (χ1) is 10.1. The summed E-state index contributed by atoms with van der Waals surface area (Å²) in [5, 5.41) is 0. The molecule has 0 aliphatic carbocycles. The Hall–Kier alpha value is -2.14. The van der Waals surface area contributed by atoms with E-state index in [0.717, 1.165) is 26.9 Å². The predicted molar refractivity (Wildman–Crippen MR) is 85.3 cm³/mol. The number of esters is 1. The van der Waals surface area contributed by atoms with Crippen LogP contribution in [0, 0.1) is 6.92 Å². The van der Waals surface area contributed by atoms with Crippen LogP contribution in [0.2, 0.25) is 0 Å². The number of ether oxygens (including phenoxy) is 1. The second-order valence-corrected chi connectivity index (χ2v) is 5.51. The van der Waals surface area contributed by atoms with Gasteiger partial charge in [-0.15, -0.1) is 0 Å². The number of H-pyrrole nitrogens is 1. The number of methoxy groups -OCH3 is 1. The van der Waals surface area contributed by atoms with E-state index in [2.05, 4.69) is 25.9 Å². The average Bonchev–Trinajstić information content (AvgIpc) is 2.92. The molecule has 0 amide bonds. The number of hydrogen-bond donors (Lipinski definition) is 1. The van der Waals surface area contributed by atoms with Gasteiger partial charge in [-0.2, -0.15) is 0 Å². The summed E-state index contributed by atoms with van der Waals surface area (Å²) in [6.45, 7) is 2.02. The van der Waals surface area contributed by atoms with E-state index >= 15 is 0 Å². The zero-order chi connectivity index (χ0) is 15.0. The minimum absolute atomic E-state index is 0.387. The first-order valence-corrected chi connectivity index (χ1v) is 7.23. The summed E-state index contributed by atoms with van der Waals surface area (Å²) in [6, 6.07) is 11.4. The number of rotatable bonds is 2. The van der Waals surface area contributed by atoms with E-state index in [4.69, 9.17) is 4.74 Å². The van der Waals surface area contributed by atoms with Gasteiger partial charge in [0, 0.05) is 10.0 Å². The van der Waals surface area contributed by atoms with Gasteiger partial charge in [0.05, 0.1) is 18.2 Å². The number of aryl methyl sites for hydroxylation is 1. The van der Waals surface area contributed by atoms with Crippen molar-refractivity contribution in [3.8, 4) is 11.4 Å². The van der Waals surface area contributed by atoms with Gasteiger partial charge in [0.25, 0.3) is 0 Å². The molecule has 0 saturated heterocycles. The van der Waals surface area contributed by atoms with Crippen LogP contribution in [-0.4, -0.2) is 23.0 Å². The minimum Gasteiger partial charge on any atom is -0.465 e. The van der Waals surface area contributed by atoms with Crippen LogP contribution in [0.5, 0.6) is 0 Å². The lowest BCUT2D eigenvalue weighted by Gasteiger charge is -2.03. The summed E-state index contributed by atoms with van der Waals surface area (Å²) in [7, 11) is 1.37. The van der Waals surface area contributed by atoms with Crippen LogP contribution >= 0.6 is 15.9 Å². The molecule has 2 aromatic carbocycles. The Morgan fingerprint density at radius 3 is 2.76 bits per heavy atom. The number of imidazole rings is 1. The Morgan fingerprint density at radius 2 is 2.00 bits per heavy atom. The molecule has 0 saturated carbocycles. The van der Waals surface area contributed by atoms with Crippen molar-refractivity contribution in [1.82, 2.24) is 9.97 Å². The largest absolute Gasteiger partial charge is 0.465 e. The molecule has 5 heteroatoms. The van der Waals surface area contributed by atoms with Crippen molar-refractivity contribution in [3.05, 3.63) is 52.0 Å². The third-order valence-corrected chi connectivity index (χ3v) is 4.42. The molecule has 4 nitrogen and oxygen atoms in total. The fourth-order valence-corrected chi connectivity index (χ4v) is 2.72. The highest BCUT2D eigenvalue weighted by Gasteiger charge is 2.15. The number of fused-ring (bicyclic) bond motifs is 1. The van der Waals surface area contributed by atoms with Crippen LogP contribution in [0.1, 0.15) is 15.9 Å². The summed E-state index contributed by atoms with van der Waals surface area (Å²) in [5.74, 6) is 0.332. The normalized spacial score (nSPS) is 10.8. The number of aromatic amines is 1. The lowest BCUT2D eigenvalue weighted by Crippen LogP contribution is -2.01. The summed E-state index contributed by atoms with van der Waals surface area (Å²) in [4.78, 5) is 19.6. The van der Waals surface area contributed by atoms with Crippen molar-refractivity contribution in [3.63, 3.8) is 0 Å².